The lowest BCUT2D eigenvalue weighted by Gasteiger charge is -2.16. The first-order chi connectivity index (χ1) is 12.9. The average Bonchev–Trinajstić information content (AvgIpc) is 3.47. The van der Waals surface area contributed by atoms with Crippen molar-refractivity contribution < 1.29 is 14.3 Å². The van der Waals surface area contributed by atoms with Crippen LogP contribution in [0.1, 0.15) is 24.0 Å². The van der Waals surface area contributed by atoms with Gasteiger partial charge in [-0.05, 0) is 61.6 Å². The summed E-state index contributed by atoms with van der Waals surface area (Å²) in [6.07, 6.45) is 1.82. The van der Waals surface area contributed by atoms with Crippen molar-refractivity contribution in [2.45, 2.75) is 26.2 Å². The zero-order valence-electron chi connectivity index (χ0n) is 15.5. The van der Waals surface area contributed by atoms with Gasteiger partial charge in [0.2, 0.25) is 11.8 Å². The average molecular weight is 387 g/mol. The number of aryl methyl sites for hydroxylation is 1. The first-order valence-electron chi connectivity index (χ1n) is 8.93. The number of ether oxygens (including phenoxy) is 1. The molecule has 0 unspecified atom stereocenters. The molecule has 2 N–H and O–H groups in total. The number of hydrogen-bond donors (Lipinski definition) is 2. The summed E-state index contributed by atoms with van der Waals surface area (Å²) < 4.78 is 5.13. The van der Waals surface area contributed by atoms with Crippen LogP contribution in [0.4, 0.5) is 5.69 Å². The summed E-state index contributed by atoms with van der Waals surface area (Å²) >= 11 is 6.10. The van der Waals surface area contributed by atoms with Gasteiger partial charge in [0.25, 0.3) is 0 Å². The lowest BCUT2D eigenvalue weighted by molar-refractivity contribution is -0.134. The van der Waals surface area contributed by atoms with Gasteiger partial charge in [-0.1, -0.05) is 29.8 Å². The van der Waals surface area contributed by atoms with Crippen molar-refractivity contribution in [2.75, 3.05) is 19.0 Å². The van der Waals surface area contributed by atoms with E-state index in [0.29, 0.717) is 36.5 Å². The van der Waals surface area contributed by atoms with Crippen LogP contribution in [-0.2, 0) is 16.0 Å². The normalized spacial score (nSPS) is 14.3. The van der Waals surface area contributed by atoms with Crippen LogP contribution in [0.2, 0.25) is 5.02 Å². The predicted molar refractivity (Wildman–Crippen MR) is 106 cm³/mol. The first-order valence-corrected chi connectivity index (χ1v) is 9.31. The fourth-order valence-corrected chi connectivity index (χ4v) is 3.07. The van der Waals surface area contributed by atoms with Crippen molar-refractivity contribution in [2.24, 2.45) is 5.41 Å². The number of methoxy groups -OCH3 is 1. The summed E-state index contributed by atoms with van der Waals surface area (Å²) in [7, 11) is 1.62. The van der Waals surface area contributed by atoms with Gasteiger partial charge < -0.3 is 15.4 Å². The minimum Gasteiger partial charge on any atom is -0.497 e. The van der Waals surface area contributed by atoms with Gasteiger partial charge in [0.15, 0.2) is 0 Å². The molecule has 0 aliphatic heterocycles. The monoisotopic (exact) mass is 386 g/mol. The van der Waals surface area contributed by atoms with Gasteiger partial charge in [0.1, 0.15) is 11.2 Å². The number of hydrogen-bond acceptors (Lipinski definition) is 3. The van der Waals surface area contributed by atoms with Gasteiger partial charge >= 0.3 is 0 Å². The molecule has 3 rings (SSSR count). The molecule has 27 heavy (non-hydrogen) atoms. The van der Waals surface area contributed by atoms with Crippen LogP contribution in [0.25, 0.3) is 0 Å². The van der Waals surface area contributed by atoms with Crippen LogP contribution in [0.3, 0.4) is 0 Å². The van der Waals surface area contributed by atoms with E-state index in [0.717, 1.165) is 16.9 Å². The van der Waals surface area contributed by atoms with Crippen molar-refractivity contribution in [1.82, 2.24) is 5.32 Å². The third-order valence-corrected chi connectivity index (χ3v) is 5.31. The number of anilines is 1. The molecule has 142 valence electrons. The smallest absolute Gasteiger partial charge is 0.240 e. The van der Waals surface area contributed by atoms with Gasteiger partial charge in [-0.15, -0.1) is 0 Å². The Balaban J connectivity index is 1.53. The highest BCUT2D eigenvalue weighted by Crippen LogP contribution is 2.46. The van der Waals surface area contributed by atoms with Crippen LogP contribution < -0.4 is 15.4 Å². The molecule has 1 fully saturated rings. The lowest BCUT2D eigenvalue weighted by atomic mass is 10.0. The van der Waals surface area contributed by atoms with E-state index in [1.54, 1.807) is 19.2 Å². The maximum atomic E-state index is 12.6. The molecular weight excluding hydrogens is 364 g/mol. The molecule has 5 nitrogen and oxygen atoms in total. The number of nitrogens with one attached hydrogen (secondary N) is 2. The molecule has 1 saturated carbocycles. The van der Waals surface area contributed by atoms with Crippen molar-refractivity contribution in [3.05, 3.63) is 58.6 Å². The molecule has 1 aliphatic carbocycles. The molecule has 0 aromatic heterocycles. The van der Waals surface area contributed by atoms with Gasteiger partial charge in [-0.2, -0.15) is 0 Å². The highest BCUT2D eigenvalue weighted by atomic mass is 35.5. The van der Waals surface area contributed by atoms with Crippen molar-refractivity contribution >= 4 is 29.1 Å². The van der Waals surface area contributed by atoms with E-state index in [4.69, 9.17) is 16.3 Å². The van der Waals surface area contributed by atoms with Crippen LogP contribution in [0, 0.1) is 12.3 Å². The lowest BCUT2D eigenvalue weighted by Crippen LogP contribution is -2.40. The molecule has 0 atom stereocenters. The summed E-state index contributed by atoms with van der Waals surface area (Å²) in [6.45, 7) is 2.38. The minimum atomic E-state index is -0.961. The molecule has 0 saturated heterocycles. The fourth-order valence-electron chi connectivity index (χ4n) is 2.89. The standard InChI is InChI=1S/C21H23ClN2O3/c1-14-3-6-16(13-18(14)22)24-20(26)21(10-11-21)19(25)23-12-9-15-4-7-17(27-2)8-5-15/h3-8,13H,9-12H2,1-2H3,(H,23,25)(H,24,26). The Labute approximate surface area is 164 Å². The van der Waals surface area contributed by atoms with Crippen LogP contribution >= 0.6 is 11.6 Å². The fraction of sp³-hybridized carbons (Fsp3) is 0.333. The predicted octanol–water partition coefficient (Wildman–Crippen LogP) is 3.73. The first kappa shape index (κ1) is 19.2. The Bertz CT molecular complexity index is 845. The Morgan fingerprint density at radius 1 is 1.11 bits per heavy atom. The van der Waals surface area contributed by atoms with Crippen LogP contribution in [-0.4, -0.2) is 25.5 Å². The van der Waals surface area contributed by atoms with Crippen LogP contribution in [0.15, 0.2) is 42.5 Å². The molecule has 0 bridgehead atoms. The summed E-state index contributed by atoms with van der Waals surface area (Å²) in [5, 5.41) is 6.29. The van der Waals surface area contributed by atoms with E-state index < -0.39 is 5.41 Å². The number of carbonyl (C=O) groups is 2. The Morgan fingerprint density at radius 2 is 1.81 bits per heavy atom. The van der Waals surface area contributed by atoms with Gasteiger partial charge in [0.05, 0.1) is 7.11 Å². The Hall–Kier alpha value is -2.53. The molecular formula is C21H23ClN2O3. The molecule has 0 heterocycles. The zero-order chi connectivity index (χ0) is 19.4. The largest absolute Gasteiger partial charge is 0.497 e. The summed E-state index contributed by atoms with van der Waals surface area (Å²) in [5.41, 5.74) is 1.68. The molecule has 0 radical (unpaired) electrons. The van der Waals surface area contributed by atoms with E-state index in [2.05, 4.69) is 10.6 Å². The number of benzene rings is 2. The molecule has 0 spiro atoms. The van der Waals surface area contributed by atoms with Gasteiger partial charge in [0, 0.05) is 17.3 Å². The summed E-state index contributed by atoms with van der Waals surface area (Å²) in [5.74, 6) is 0.309. The topological polar surface area (TPSA) is 67.4 Å². The van der Waals surface area contributed by atoms with Gasteiger partial charge in [-0.3, -0.25) is 9.59 Å². The van der Waals surface area contributed by atoms with Gasteiger partial charge in [-0.25, -0.2) is 0 Å². The minimum absolute atomic E-state index is 0.216. The summed E-state index contributed by atoms with van der Waals surface area (Å²) in [4.78, 5) is 25.2. The quantitative estimate of drug-likeness (QED) is 0.712. The van der Waals surface area contributed by atoms with E-state index in [1.807, 2.05) is 37.3 Å². The maximum Gasteiger partial charge on any atom is 0.240 e. The second-order valence-electron chi connectivity index (χ2n) is 6.85. The third kappa shape index (κ3) is 4.42. The van der Waals surface area contributed by atoms with Crippen molar-refractivity contribution in [3.8, 4) is 5.75 Å². The van der Waals surface area contributed by atoms with E-state index in [9.17, 15) is 9.59 Å². The summed E-state index contributed by atoms with van der Waals surface area (Å²) in [6, 6.07) is 13.0. The second kappa shape index (κ2) is 8.01. The van der Waals surface area contributed by atoms with E-state index in [-0.39, 0.29) is 11.8 Å². The highest BCUT2D eigenvalue weighted by Gasteiger charge is 2.56. The Kier molecular flexibility index (Phi) is 5.71. The zero-order valence-corrected chi connectivity index (χ0v) is 16.2. The third-order valence-electron chi connectivity index (χ3n) is 4.91. The van der Waals surface area contributed by atoms with E-state index >= 15 is 0 Å². The number of amides is 2. The SMILES string of the molecule is COc1ccc(CCNC(=O)C2(C(=O)Nc3ccc(C)c(Cl)c3)CC2)cc1. The molecule has 1 aliphatic rings. The Morgan fingerprint density at radius 3 is 2.41 bits per heavy atom. The number of rotatable bonds is 7. The molecule has 6 heteroatoms. The number of halogens is 1. The van der Waals surface area contributed by atoms with Crippen LogP contribution in [0.5, 0.6) is 5.75 Å². The second-order valence-corrected chi connectivity index (χ2v) is 7.26. The maximum absolute atomic E-state index is 12.6. The number of carbonyl (C=O) groups excluding carboxylic acids is 2. The molecule has 2 amide bonds. The van der Waals surface area contributed by atoms with Crippen molar-refractivity contribution in [3.63, 3.8) is 0 Å². The van der Waals surface area contributed by atoms with Crippen molar-refractivity contribution in [1.29, 1.82) is 0 Å². The molecule has 2 aromatic carbocycles. The molecule has 2 aromatic rings. The van der Waals surface area contributed by atoms with E-state index in [1.165, 1.54) is 0 Å². The highest BCUT2D eigenvalue weighted by molar-refractivity contribution is 6.31.